The molecular formula is C26H23ClF2N6O3. The number of benzene rings is 1. The number of likely N-dealkylation sites (tertiary alicyclic amines) is 1. The molecule has 2 aliphatic heterocycles. The molecule has 38 heavy (non-hydrogen) atoms. The van der Waals surface area contributed by atoms with E-state index in [4.69, 9.17) is 11.6 Å². The van der Waals surface area contributed by atoms with Gasteiger partial charge in [-0.05, 0) is 38.0 Å². The van der Waals surface area contributed by atoms with Gasteiger partial charge in [-0.15, -0.1) is 0 Å². The average molecular weight is 541 g/mol. The van der Waals surface area contributed by atoms with Crippen molar-refractivity contribution < 1.29 is 23.5 Å². The third kappa shape index (κ3) is 3.88. The summed E-state index contributed by atoms with van der Waals surface area (Å²) in [5.74, 6) is -2.20. The number of hydrogen-bond donors (Lipinski definition) is 2. The van der Waals surface area contributed by atoms with Crippen LogP contribution in [0.2, 0.25) is 5.02 Å². The van der Waals surface area contributed by atoms with Crippen molar-refractivity contribution in [3.8, 4) is 0 Å². The van der Waals surface area contributed by atoms with Gasteiger partial charge in [0, 0.05) is 37.6 Å². The van der Waals surface area contributed by atoms with E-state index in [1.165, 1.54) is 30.6 Å². The van der Waals surface area contributed by atoms with Crippen LogP contribution in [-0.2, 0) is 10.2 Å². The van der Waals surface area contributed by atoms with Crippen molar-refractivity contribution in [2.75, 3.05) is 29.9 Å². The Morgan fingerprint density at radius 2 is 1.95 bits per heavy atom. The number of nitrogens with one attached hydrogen (secondary N) is 1. The SMILES string of the molecule is CC1(c2cccc(Cl)c2F)CN(c2ncccc2F)C(=O)c2cnc(NC3CN(C(=O)C4(O)CC4)C3)nc21. The van der Waals surface area contributed by atoms with Crippen molar-refractivity contribution in [3.63, 3.8) is 0 Å². The lowest BCUT2D eigenvalue weighted by Crippen LogP contribution is -2.60. The number of aliphatic hydroxyl groups is 1. The van der Waals surface area contributed by atoms with Crippen molar-refractivity contribution in [3.05, 3.63) is 76.2 Å². The first-order chi connectivity index (χ1) is 18.1. The number of rotatable bonds is 5. The number of amides is 2. The van der Waals surface area contributed by atoms with E-state index < -0.39 is 28.6 Å². The maximum absolute atomic E-state index is 15.4. The van der Waals surface area contributed by atoms with Gasteiger partial charge in [0.05, 0.1) is 27.7 Å². The number of carbonyl (C=O) groups is 2. The van der Waals surface area contributed by atoms with Crippen molar-refractivity contribution in [1.29, 1.82) is 0 Å². The van der Waals surface area contributed by atoms with Gasteiger partial charge in [-0.25, -0.2) is 23.7 Å². The summed E-state index contributed by atoms with van der Waals surface area (Å²) < 4.78 is 30.1. The summed E-state index contributed by atoms with van der Waals surface area (Å²) in [4.78, 5) is 41.5. The van der Waals surface area contributed by atoms with E-state index >= 15 is 4.39 Å². The molecule has 2 N–H and O–H groups in total. The predicted molar refractivity (Wildman–Crippen MR) is 134 cm³/mol. The number of pyridine rings is 1. The second-order valence-corrected chi connectivity index (χ2v) is 10.6. The van der Waals surface area contributed by atoms with Crippen LogP contribution in [0, 0.1) is 11.6 Å². The molecule has 2 aromatic heterocycles. The quantitative estimate of drug-likeness (QED) is 0.512. The Balaban J connectivity index is 1.36. The Morgan fingerprint density at radius 3 is 2.66 bits per heavy atom. The normalized spacial score (nSPS) is 22.1. The smallest absolute Gasteiger partial charge is 0.263 e. The molecule has 1 unspecified atom stereocenters. The highest BCUT2D eigenvalue weighted by atomic mass is 35.5. The molecule has 3 aliphatic rings. The minimum atomic E-state index is -1.24. The lowest BCUT2D eigenvalue weighted by Gasteiger charge is -2.42. The van der Waals surface area contributed by atoms with E-state index in [1.807, 2.05) is 0 Å². The van der Waals surface area contributed by atoms with E-state index in [1.54, 1.807) is 24.0 Å². The molecule has 1 aromatic carbocycles. The van der Waals surface area contributed by atoms with Gasteiger partial charge in [-0.2, -0.15) is 0 Å². The number of hydrogen-bond acceptors (Lipinski definition) is 7. The Morgan fingerprint density at radius 1 is 1.18 bits per heavy atom. The Kier molecular flexibility index (Phi) is 5.62. The molecule has 196 valence electrons. The molecule has 1 saturated carbocycles. The number of carbonyl (C=O) groups excluding carboxylic acids is 2. The standard InChI is InChI=1S/C26H23ClF2N6O3/c1-25(16-4-2-5-17(27)19(16)29)13-35(21-18(28)6-3-9-30-21)22(36)15-10-31-24(33-20(15)25)32-14-11-34(12-14)23(37)26(38)7-8-26/h2-6,9-10,14,38H,7-8,11-13H2,1H3,(H,31,32,33). The van der Waals surface area contributed by atoms with Gasteiger partial charge in [-0.1, -0.05) is 23.7 Å². The fourth-order valence-corrected chi connectivity index (χ4v) is 5.25. The Hall–Kier alpha value is -3.70. The zero-order valence-electron chi connectivity index (χ0n) is 20.3. The molecule has 0 spiro atoms. The number of halogens is 3. The fraction of sp³-hybridized carbons (Fsp3) is 0.346. The van der Waals surface area contributed by atoms with Crippen molar-refractivity contribution in [1.82, 2.24) is 19.9 Å². The Labute approximate surface area is 221 Å². The molecule has 1 saturated heterocycles. The first kappa shape index (κ1) is 24.6. The van der Waals surface area contributed by atoms with Crippen LogP contribution in [0.15, 0.2) is 42.7 Å². The second-order valence-electron chi connectivity index (χ2n) is 10.2. The first-order valence-corrected chi connectivity index (χ1v) is 12.5. The molecule has 12 heteroatoms. The van der Waals surface area contributed by atoms with Crippen LogP contribution in [-0.4, -0.2) is 68.0 Å². The highest BCUT2D eigenvalue weighted by molar-refractivity contribution is 6.30. The summed E-state index contributed by atoms with van der Waals surface area (Å²) >= 11 is 6.11. The highest BCUT2D eigenvalue weighted by Crippen LogP contribution is 2.42. The Bertz CT molecular complexity index is 1480. The molecule has 0 bridgehead atoms. The minimum absolute atomic E-state index is 0.0788. The van der Waals surface area contributed by atoms with Gasteiger partial charge in [-0.3, -0.25) is 14.5 Å². The molecule has 2 amide bonds. The number of aromatic nitrogens is 3. The van der Waals surface area contributed by atoms with Gasteiger partial charge in [0.1, 0.15) is 11.4 Å². The van der Waals surface area contributed by atoms with Gasteiger partial charge in [0.25, 0.3) is 11.8 Å². The molecule has 9 nitrogen and oxygen atoms in total. The van der Waals surface area contributed by atoms with Crippen LogP contribution in [0.4, 0.5) is 20.5 Å². The van der Waals surface area contributed by atoms with Crippen LogP contribution >= 0.6 is 11.6 Å². The lowest BCUT2D eigenvalue weighted by atomic mass is 9.74. The topological polar surface area (TPSA) is 112 Å². The molecule has 1 atom stereocenters. The summed E-state index contributed by atoms with van der Waals surface area (Å²) in [6.07, 6.45) is 3.65. The van der Waals surface area contributed by atoms with E-state index in [2.05, 4.69) is 20.3 Å². The highest BCUT2D eigenvalue weighted by Gasteiger charge is 2.52. The summed E-state index contributed by atoms with van der Waals surface area (Å²) in [7, 11) is 0. The van der Waals surface area contributed by atoms with Crippen LogP contribution in [0.25, 0.3) is 0 Å². The average Bonchev–Trinajstić information content (AvgIpc) is 3.63. The molecular weight excluding hydrogens is 518 g/mol. The molecule has 4 heterocycles. The third-order valence-electron chi connectivity index (χ3n) is 7.43. The van der Waals surface area contributed by atoms with Gasteiger partial charge < -0.3 is 15.3 Å². The first-order valence-electron chi connectivity index (χ1n) is 12.1. The van der Waals surface area contributed by atoms with Crippen molar-refractivity contribution in [2.24, 2.45) is 0 Å². The maximum Gasteiger partial charge on any atom is 0.263 e. The van der Waals surface area contributed by atoms with Crippen LogP contribution in [0.1, 0.15) is 41.4 Å². The fourth-order valence-electron chi connectivity index (χ4n) is 5.07. The second kappa shape index (κ2) is 8.67. The zero-order valence-corrected chi connectivity index (χ0v) is 21.0. The summed E-state index contributed by atoms with van der Waals surface area (Å²) in [5.41, 5.74) is -1.94. The monoisotopic (exact) mass is 540 g/mol. The summed E-state index contributed by atoms with van der Waals surface area (Å²) in [5, 5.41) is 13.1. The van der Waals surface area contributed by atoms with Crippen molar-refractivity contribution >= 4 is 35.2 Å². The third-order valence-corrected chi connectivity index (χ3v) is 7.72. The largest absolute Gasteiger partial charge is 0.380 e. The van der Waals surface area contributed by atoms with E-state index in [-0.39, 0.29) is 52.1 Å². The van der Waals surface area contributed by atoms with Crippen LogP contribution in [0.3, 0.4) is 0 Å². The lowest BCUT2D eigenvalue weighted by molar-refractivity contribution is -0.146. The predicted octanol–water partition coefficient (Wildman–Crippen LogP) is 2.92. The number of nitrogens with zero attached hydrogens (tertiary/aromatic N) is 5. The molecule has 2 fully saturated rings. The van der Waals surface area contributed by atoms with Gasteiger partial charge in [0.2, 0.25) is 5.95 Å². The van der Waals surface area contributed by atoms with Crippen LogP contribution < -0.4 is 10.2 Å². The molecule has 6 rings (SSSR count). The summed E-state index contributed by atoms with van der Waals surface area (Å²) in [6, 6.07) is 7.03. The summed E-state index contributed by atoms with van der Waals surface area (Å²) in [6.45, 7) is 2.30. The maximum atomic E-state index is 15.4. The van der Waals surface area contributed by atoms with Gasteiger partial charge >= 0.3 is 0 Å². The van der Waals surface area contributed by atoms with E-state index in [9.17, 15) is 19.1 Å². The number of anilines is 2. The minimum Gasteiger partial charge on any atom is -0.380 e. The van der Waals surface area contributed by atoms with Crippen LogP contribution in [0.5, 0.6) is 0 Å². The van der Waals surface area contributed by atoms with Gasteiger partial charge in [0.15, 0.2) is 11.6 Å². The number of fused-ring (bicyclic) bond motifs is 1. The van der Waals surface area contributed by atoms with E-state index in [0.29, 0.717) is 25.9 Å². The van der Waals surface area contributed by atoms with Crippen molar-refractivity contribution in [2.45, 2.75) is 36.8 Å². The molecule has 1 aliphatic carbocycles. The molecule has 0 radical (unpaired) electrons. The molecule has 3 aromatic rings. The van der Waals surface area contributed by atoms with E-state index in [0.717, 1.165) is 4.90 Å². The zero-order chi connectivity index (χ0) is 26.8.